The Balaban J connectivity index is 1.90. The molecule has 35 heavy (non-hydrogen) atoms. The molecule has 3 atom stereocenters. The predicted octanol–water partition coefficient (Wildman–Crippen LogP) is 3.95. The van der Waals surface area contributed by atoms with Crippen LogP contribution in [0.1, 0.15) is 69.7 Å². The third-order valence-corrected chi connectivity index (χ3v) is 7.31. The van der Waals surface area contributed by atoms with E-state index in [1.54, 1.807) is 37.3 Å². The second-order valence-electron chi connectivity index (χ2n) is 10.0. The van der Waals surface area contributed by atoms with Gasteiger partial charge in [0.1, 0.15) is 12.4 Å². The number of amides is 3. The van der Waals surface area contributed by atoms with Crippen LogP contribution in [0.4, 0.5) is 5.69 Å². The largest absolute Gasteiger partial charge is 0.491 e. The maximum atomic E-state index is 13.5. The van der Waals surface area contributed by atoms with Gasteiger partial charge in [-0.2, -0.15) is 0 Å². The Morgan fingerprint density at radius 2 is 1.86 bits per heavy atom. The highest BCUT2D eigenvalue weighted by Gasteiger charge is 2.30. The van der Waals surface area contributed by atoms with E-state index in [9.17, 15) is 14.4 Å². The third kappa shape index (κ3) is 6.75. The lowest BCUT2D eigenvalue weighted by Gasteiger charge is -2.36. The summed E-state index contributed by atoms with van der Waals surface area (Å²) in [6.45, 7) is 7.01. The van der Waals surface area contributed by atoms with E-state index in [1.165, 1.54) is 6.42 Å². The summed E-state index contributed by atoms with van der Waals surface area (Å²) >= 11 is 0. The van der Waals surface area contributed by atoms with Gasteiger partial charge in [-0.3, -0.25) is 14.4 Å². The Morgan fingerprint density at radius 1 is 1.14 bits per heavy atom. The Morgan fingerprint density at radius 3 is 2.51 bits per heavy atom. The van der Waals surface area contributed by atoms with Gasteiger partial charge >= 0.3 is 0 Å². The molecule has 0 radical (unpaired) electrons. The smallest absolute Gasteiger partial charge is 0.257 e. The van der Waals surface area contributed by atoms with Crippen LogP contribution in [0.5, 0.6) is 5.75 Å². The van der Waals surface area contributed by atoms with Gasteiger partial charge in [0.2, 0.25) is 11.8 Å². The van der Waals surface area contributed by atoms with E-state index in [0.29, 0.717) is 36.5 Å². The number of benzene rings is 1. The SMILES string of the molecule is CCC(=O)N1C[C@@H](C)[C@@H](OC)CN(C)C(=O)c2cc(NC(=O)C3CCCCC3)ccc2OC[C@H]1C. The molecule has 2 aliphatic rings. The fourth-order valence-electron chi connectivity index (χ4n) is 5.01. The second-order valence-corrected chi connectivity index (χ2v) is 10.0. The molecule has 0 spiro atoms. The first kappa shape index (κ1) is 27.0. The minimum absolute atomic E-state index is 0.00939. The molecular weight excluding hydrogens is 446 g/mol. The molecule has 8 heteroatoms. The molecule has 1 fully saturated rings. The van der Waals surface area contributed by atoms with Crippen molar-refractivity contribution in [3.63, 3.8) is 0 Å². The maximum Gasteiger partial charge on any atom is 0.257 e. The number of carbonyl (C=O) groups excluding carboxylic acids is 3. The number of hydrogen-bond donors (Lipinski definition) is 1. The lowest BCUT2D eigenvalue weighted by Crippen LogP contribution is -2.48. The Hall–Kier alpha value is -2.61. The van der Waals surface area contributed by atoms with E-state index < -0.39 is 0 Å². The van der Waals surface area contributed by atoms with Crippen LogP contribution < -0.4 is 10.1 Å². The van der Waals surface area contributed by atoms with E-state index in [1.807, 2.05) is 25.7 Å². The normalized spacial score (nSPS) is 24.6. The minimum Gasteiger partial charge on any atom is -0.491 e. The molecule has 1 saturated carbocycles. The molecule has 3 amide bonds. The lowest BCUT2D eigenvalue weighted by atomic mass is 9.88. The summed E-state index contributed by atoms with van der Waals surface area (Å²) in [4.78, 5) is 42.4. The minimum atomic E-state index is -0.235. The van der Waals surface area contributed by atoms with Gasteiger partial charge in [-0.25, -0.2) is 0 Å². The summed E-state index contributed by atoms with van der Waals surface area (Å²) < 4.78 is 11.8. The van der Waals surface area contributed by atoms with Gasteiger partial charge in [-0.1, -0.05) is 33.1 Å². The molecule has 0 bridgehead atoms. The number of hydrogen-bond acceptors (Lipinski definition) is 5. The van der Waals surface area contributed by atoms with Gasteiger partial charge in [0.05, 0.1) is 17.7 Å². The Bertz CT molecular complexity index is 899. The monoisotopic (exact) mass is 487 g/mol. The highest BCUT2D eigenvalue weighted by Crippen LogP contribution is 2.29. The molecule has 1 heterocycles. The van der Waals surface area contributed by atoms with E-state index in [-0.39, 0.29) is 48.3 Å². The van der Waals surface area contributed by atoms with Gasteiger partial charge in [0.15, 0.2) is 0 Å². The molecule has 0 aromatic heterocycles. The topological polar surface area (TPSA) is 88.2 Å². The van der Waals surface area contributed by atoms with Crippen LogP contribution >= 0.6 is 0 Å². The number of fused-ring (bicyclic) bond motifs is 1. The first-order valence-corrected chi connectivity index (χ1v) is 12.9. The third-order valence-electron chi connectivity index (χ3n) is 7.31. The maximum absolute atomic E-state index is 13.5. The molecular formula is C27H41N3O5. The van der Waals surface area contributed by atoms with Crippen molar-refractivity contribution < 1.29 is 23.9 Å². The van der Waals surface area contributed by atoms with Gasteiger partial charge in [0, 0.05) is 51.2 Å². The Kier molecular flexibility index (Phi) is 9.55. The zero-order valence-corrected chi connectivity index (χ0v) is 21.8. The van der Waals surface area contributed by atoms with Gasteiger partial charge in [-0.15, -0.1) is 0 Å². The van der Waals surface area contributed by atoms with Crippen molar-refractivity contribution in [3.8, 4) is 5.75 Å². The van der Waals surface area contributed by atoms with Crippen molar-refractivity contribution in [3.05, 3.63) is 23.8 Å². The van der Waals surface area contributed by atoms with Crippen molar-refractivity contribution in [2.75, 3.05) is 39.2 Å². The van der Waals surface area contributed by atoms with Crippen LogP contribution in [0.3, 0.4) is 0 Å². The second kappa shape index (κ2) is 12.4. The van der Waals surface area contributed by atoms with Crippen LogP contribution in [-0.4, -0.2) is 73.5 Å². The molecule has 1 N–H and O–H groups in total. The van der Waals surface area contributed by atoms with Crippen LogP contribution in [-0.2, 0) is 14.3 Å². The van der Waals surface area contributed by atoms with E-state index in [4.69, 9.17) is 9.47 Å². The standard InChI is InChI=1S/C27H41N3O5/c1-6-25(31)30-15-18(2)24(34-5)16-29(4)27(33)22-14-21(12-13-23(22)35-17-19(30)3)28-26(32)20-10-8-7-9-11-20/h12-14,18-20,24H,6-11,15-17H2,1-5H3,(H,28,32)/t18-,19-,24+/m1/s1. The molecule has 1 aliphatic heterocycles. The van der Waals surface area contributed by atoms with Crippen LogP contribution in [0, 0.1) is 11.8 Å². The summed E-state index contributed by atoms with van der Waals surface area (Å²) in [6, 6.07) is 5.04. The molecule has 1 aromatic carbocycles. The van der Waals surface area contributed by atoms with E-state index in [2.05, 4.69) is 5.32 Å². The number of carbonyl (C=O) groups is 3. The number of nitrogens with zero attached hydrogens (tertiary/aromatic N) is 2. The predicted molar refractivity (Wildman–Crippen MR) is 136 cm³/mol. The molecule has 194 valence electrons. The number of rotatable bonds is 4. The van der Waals surface area contributed by atoms with Crippen LogP contribution in [0.25, 0.3) is 0 Å². The number of ether oxygens (including phenoxy) is 2. The first-order valence-electron chi connectivity index (χ1n) is 12.9. The number of methoxy groups -OCH3 is 1. The molecule has 0 unspecified atom stereocenters. The van der Waals surface area contributed by atoms with Gasteiger partial charge in [0.25, 0.3) is 5.91 Å². The fraction of sp³-hybridized carbons (Fsp3) is 0.667. The van der Waals surface area contributed by atoms with Gasteiger partial charge in [-0.05, 0) is 38.0 Å². The average molecular weight is 488 g/mol. The highest BCUT2D eigenvalue weighted by molar-refractivity contribution is 5.99. The van der Waals surface area contributed by atoms with E-state index in [0.717, 1.165) is 25.7 Å². The average Bonchev–Trinajstić information content (AvgIpc) is 2.88. The molecule has 0 saturated heterocycles. The van der Waals surface area contributed by atoms with E-state index >= 15 is 0 Å². The summed E-state index contributed by atoms with van der Waals surface area (Å²) in [5.74, 6) is 0.355. The quantitative estimate of drug-likeness (QED) is 0.695. The lowest BCUT2D eigenvalue weighted by molar-refractivity contribution is -0.135. The van der Waals surface area contributed by atoms with Crippen molar-refractivity contribution in [2.24, 2.45) is 11.8 Å². The molecule has 8 nitrogen and oxygen atoms in total. The van der Waals surface area contributed by atoms with Crippen molar-refractivity contribution in [1.29, 1.82) is 0 Å². The molecule has 1 aromatic rings. The summed E-state index contributed by atoms with van der Waals surface area (Å²) in [5.41, 5.74) is 0.974. The molecule has 3 rings (SSSR count). The zero-order chi connectivity index (χ0) is 25.5. The van der Waals surface area contributed by atoms with Crippen LogP contribution in [0.2, 0.25) is 0 Å². The van der Waals surface area contributed by atoms with Crippen molar-refractivity contribution in [1.82, 2.24) is 9.80 Å². The molecule has 1 aliphatic carbocycles. The fourth-order valence-corrected chi connectivity index (χ4v) is 5.01. The Labute approximate surface area is 209 Å². The zero-order valence-electron chi connectivity index (χ0n) is 21.8. The first-order chi connectivity index (χ1) is 16.7. The summed E-state index contributed by atoms with van der Waals surface area (Å²) in [5, 5.41) is 3.01. The number of nitrogens with one attached hydrogen (secondary N) is 1. The van der Waals surface area contributed by atoms with Crippen LogP contribution in [0.15, 0.2) is 18.2 Å². The number of anilines is 1. The van der Waals surface area contributed by atoms with Gasteiger partial charge < -0.3 is 24.6 Å². The van der Waals surface area contributed by atoms with Crippen molar-refractivity contribution >= 4 is 23.4 Å². The summed E-state index contributed by atoms with van der Waals surface area (Å²) in [7, 11) is 3.37. The highest BCUT2D eigenvalue weighted by atomic mass is 16.5. The summed E-state index contributed by atoms with van der Waals surface area (Å²) in [6.07, 6.45) is 5.32. The number of likely N-dealkylation sites (N-methyl/N-ethyl adjacent to an activating group) is 1. The van der Waals surface area contributed by atoms with Crippen molar-refractivity contribution in [2.45, 2.75) is 71.4 Å².